The van der Waals surface area contributed by atoms with Gasteiger partial charge in [-0.15, -0.1) is 0 Å². The lowest BCUT2D eigenvalue weighted by atomic mass is 9.83. The summed E-state index contributed by atoms with van der Waals surface area (Å²) in [7, 11) is 0. The molecule has 0 radical (unpaired) electrons. The van der Waals surface area contributed by atoms with E-state index in [9.17, 15) is 8.78 Å². The van der Waals surface area contributed by atoms with Crippen LogP contribution in [0.4, 0.5) is 8.78 Å². The number of rotatable bonds is 2. The van der Waals surface area contributed by atoms with Crippen LogP contribution in [0.2, 0.25) is 5.02 Å². The van der Waals surface area contributed by atoms with Crippen LogP contribution in [0.3, 0.4) is 0 Å². The van der Waals surface area contributed by atoms with Crippen LogP contribution in [0.5, 0.6) is 5.75 Å². The summed E-state index contributed by atoms with van der Waals surface area (Å²) in [5, 5.41) is 0.643. The summed E-state index contributed by atoms with van der Waals surface area (Å²) in [5.74, 6) is 1.58. The normalized spacial score (nSPS) is 21.2. The fourth-order valence-corrected chi connectivity index (χ4v) is 4.38. The van der Waals surface area contributed by atoms with Gasteiger partial charge in [0.15, 0.2) is 0 Å². The lowest BCUT2D eigenvalue weighted by Gasteiger charge is -2.26. The Hall–Kier alpha value is -2.14. The zero-order valence-corrected chi connectivity index (χ0v) is 13.3. The molecule has 3 nitrogen and oxygen atoms in total. The minimum absolute atomic E-state index is 0.0350. The molecule has 2 bridgehead atoms. The van der Waals surface area contributed by atoms with Gasteiger partial charge in [-0.1, -0.05) is 23.7 Å². The average Bonchev–Trinajstić information content (AvgIpc) is 3.03. The van der Waals surface area contributed by atoms with Crippen LogP contribution in [0, 0.1) is 0 Å². The highest BCUT2D eigenvalue weighted by Gasteiger charge is 2.41. The van der Waals surface area contributed by atoms with Crippen molar-refractivity contribution in [3.05, 3.63) is 58.4 Å². The number of hydrogen-bond donors (Lipinski definition) is 0. The molecule has 24 heavy (non-hydrogen) atoms. The maximum atomic E-state index is 12.8. The Bertz CT molecular complexity index is 969. The topological polar surface area (TPSA) is 27.1 Å². The molecule has 2 atom stereocenters. The molecule has 0 unspecified atom stereocenters. The van der Waals surface area contributed by atoms with E-state index >= 15 is 0 Å². The lowest BCUT2D eigenvalue weighted by molar-refractivity contribution is -0.0508. The molecule has 2 aliphatic rings. The van der Waals surface area contributed by atoms with Crippen molar-refractivity contribution in [2.75, 3.05) is 0 Å². The lowest BCUT2D eigenvalue weighted by Crippen LogP contribution is -2.16. The van der Waals surface area contributed by atoms with Gasteiger partial charge in [0, 0.05) is 16.5 Å². The number of alkyl halides is 2. The van der Waals surface area contributed by atoms with Crippen molar-refractivity contribution in [2.24, 2.45) is 0 Å². The van der Waals surface area contributed by atoms with Gasteiger partial charge in [0.2, 0.25) is 0 Å². The molecule has 6 heteroatoms. The first-order chi connectivity index (χ1) is 11.6. The summed E-state index contributed by atoms with van der Waals surface area (Å²) >= 11 is 6.16. The Morgan fingerprint density at radius 1 is 1.25 bits per heavy atom. The molecule has 122 valence electrons. The van der Waals surface area contributed by atoms with Crippen molar-refractivity contribution in [1.29, 1.82) is 0 Å². The Morgan fingerprint density at radius 2 is 2.12 bits per heavy atom. The molecule has 0 saturated heterocycles. The highest BCUT2D eigenvalue weighted by atomic mass is 35.5. The van der Waals surface area contributed by atoms with Crippen LogP contribution in [0.1, 0.15) is 35.3 Å². The molecule has 0 saturated carbocycles. The van der Waals surface area contributed by atoms with Gasteiger partial charge >= 0.3 is 6.61 Å². The first-order valence-corrected chi connectivity index (χ1v) is 8.23. The number of hydrogen-bond acceptors (Lipinski definition) is 2. The van der Waals surface area contributed by atoms with E-state index in [1.807, 2.05) is 24.3 Å². The quantitative estimate of drug-likeness (QED) is 0.658. The summed E-state index contributed by atoms with van der Waals surface area (Å²) in [4.78, 5) is 4.77. The van der Waals surface area contributed by atoms with E-state index in [2.05, 4.69) is 4.57 Å². The van der Waals surface area contributed by atoms with Gasteiger partial charge in [-0.25, -0.2) is 4.98 Å². The molecule has 1 aromatic heterocycles. The predicted molar refractivity (Wildman–Crippen MR) is 87.0 cm³/mol. The minimum atomic E-state index is -2.83. The first kappa shape index (κ1) is 14.2. The molecular weight excluding hydrogens is 334 g/mol. The maximum Gasteiger partial charge on any atom is 0.387 e. The van der Waals surface area contributed by atoms with E-state index in [0.29, 0.717) is 10.9 Å². The smallest absolute Gasteiger partial charge is 0.387 e. The third-order valence-electron chi connectivity index (χ3n) is 5.04. The molecule has 0 fully saturated rings. The number of benzene rings is 2. The SMILES string of the molecule is FC(F)Oc1cccc2c1[C@H]1C[C@@H](C2)c2nc3ccc(Cl)cc3n21. The van der Waals surface area contributed by atoms with Gasteiger partial charge in [0.05, 0.1) is 17.1 Å². The predicted octanol–water partition coefficient (Wildman–Crippen LogP) is 4.92. The Kier molecular flexibility index (Phi) is 2.92. The zero-order chi connectivity index (χ0) is 16.4. The van der Waals surface area contributed by atoms with Crippen LogP contribution < -0.4 is 4.74 Å². The third-order valence-corrected chi connectivity index (χ3v) is 5.27. The summed E-state index contributed by atoms with van der Waals surface area (Å²) < 4.78 is 32.6. The van der Waals surface area contributed by atoms with Gasteiger partial charge in [0.1, 0.15) is 11.6 Å². The Morgan fingerprint density at radius 3 is 2.96 bits per heavy atom. The average molecular weight is 347 g/mol. The Labute approximate surface area is 141 Å². The van der Waals surface area contributed by atoms with Crippen molar-refractivity contribution in [3.63, 3.8) is 0 Å². The molecule has 0 N–H and O–H groups in total. The molecule has 0 amide bonds. The summed E-state index contributed by atoms with van der Waals surface area (Å²) in [6.07, 6.45) is 1.66. The number of ether oxygens (including phenoxy) is 1. The van der Waals surface area contributed by atoms with Crippen molar-refractivity contribution >= 4 is 22.6 Å². The number of fused-ring (bicyclic) bond motifs is 9. The number of imidazole rings is 1. The van der Waals surface area contributed by atoms with Gasteiger partial charge in [0.25, 0.3) is 0 Å². The summed E-state index contributed by atoms with van der Waals surface area (Å²) in [6, 6.07) is 11.0. The molecule has 1 aliphatic carbocycles. The van der Waals surface area contributed by atoms with E-state index < -0.39 is 6.61 Å². The van der Waals surface area contributed by atoms with Gasteiger partial charge < -0.3 is 9.30 Å². The second kappa shape index (κ2) is 4.93. The molecule has 2 heterocycles. The van der Waals surface area contributed by atoms with Crippen molar-refractivity contribution in [1.82, 2.24) is 9.55 Å². The van der Waals surface area contributed by atoms with E-state index in [0.717, 1.165) is 40.8 Å². The Balaban J connectivity index is 1.75. The molecule has 5 rings (SSSR count). The highest BCUT2D eigenvalue weighted by molar-refractivity contribution is 6.31. The molecule has 3 aromatic rings. The fraction of sp³-hybridized carbons (Fsp3) is 0.278. The molecule has 2 aromatic carbocycles. The first-order valence-electron chi connectivity index (χ1n) is 7.86. The van der Waals surface area contributed by atoms with Gasteiger partial charge in [-0.05, 0) is 42.7 Å². The zero-order valence-electron chi connectivity index (χ0n) is 12.5. The van der Waals surface area contributed by atoms with Crippen LogP contribution in [-0.4, -0.2) is 16.2 Å². The standard InChI is InChI=1S/C18H13ClF2N2O/c19-11-4-5-12-13(8-11)23-14-7-10(17(23)22-12)6-9-2-1-3-15(16(9)14)24-18(20)21/h1-5,8,10,14,18H,6-7H2/t10-,14-/m1/s1. The maximum absolute atomic E-state index is 12.8. The van der Waals surface area contributed by atoms with Crippen molar-refractivity contribution in [2.45, 2.75) is 31.4 Å². The van der Waals surface area contributed by atoms with E-state index in [4.69, 9.17) is 21.3 Å². The highest BCUT2D eigenvalue weighted by Crippen LogP contribution is 2.51. The molecule has 0 spiro atoms. The van der Waals surface area contributed by atoms with E-state index in [1.54, 1.807) is 12.1 Å². The van der Waals surface area contributed by atoms with Gasteiger partial charge in [-0.2, -0.15) is 8.78 Å². The second-order valence-corrected chi connectivity index (χ2v) is 6.77. The largest absolute Gasteiger partial charge is 0.434 e. The minimum Gasteiger partial charge on any atom is -0.434 e. The summed E-state index contributed by atoms with van der Waals surface area (Å²) in [5.41, 5.74) is 3.76. The third kappa shape index (κ3) is 1.91. The number of nitrogens with zero attached hydrogens (tertiary/aromatic N) is 2. The van der Waals surface area contributed by atoms with Crippen LogP contribution in [0.15, 0.2) is 36.4 Å². The number of halogens is 3. The van der Waals surface area contributed by atoms with Crippen molar-refractivity contribution < 1.29 is 13.5 Å². The van der Waals surface area contributed by atoms with Crippen LogP contribution in [0.25, 0.3) is 11.0 Å². The van der Waals surface area contributed by atoms with Gasteiger partial charge in [-0.3, -0.25) is 0 Å². The van der Waals surface area contributed by atoms with E-state index in [-0.39, 0.29) is 11.8 Å². The summed E-state index contributed by atoms with van der Waals surface area (Å²) in [6.45, 7) is -2.83. The van der Waals surface area contributed by atoms with E-state index in [1.165, 1.54) is 0 Å². The molecular formula is C18H13ClF2N2O. The van der Waals surface area contributed by atoms with Crippen LogP contribution >= 0.6 is 11.6 Å². The number of aromatic nitrogens is 2. The van der Waals surface area contributed by atoms with Crippen molar-refractivity contribution in [3.8, 4) is 5.75 Å². The molecule has 1 aliphatic heterocycles. The van der Waals surface area contributed by atoms with Crippen LogP contribution in [-0.2, 0) is 6.42 Å². The fourth-order valence-electron chi connectivity index (χ4n) is 4.21. The monoisotopic (exact) mass is 346 g/mol. The second-order valence-electron chi connectivity index (χ2n) is 6.33.